The van der Waals surface area contributed by atoms with Gasteiger partial charge >= 0.3 is 0 Å². The Morgan fingerprint density at radius 2 is 1.94 bits per heavy atom. The first-order valence-corrected chi connectivity index (χ1v) is 6.65. The lowest BCUT2D eigenvalue weighted by Crippen LogP contribution is -2.37. The summed E-state index contributed by atoms with van der Waals surface area (Å²) >= 11 is 5.85. The van der Waals surface area contributed by atoms with E-state index in [2.05, 4.69) is 18.7 Å². The van der Waals surface area contributed by atoms with E-state index in [-0.39, 0.29) is 11.7 Å². The quantitative estimate of drug-likeness (QED) is 0.717. The van der Waals surface area contributed by atoms with E-state index in [1.165, 1.54) is 6.07 Å². The van der Waals surface area contributed by atoms with Gasteiger partial charge in [-0.25, -0.2) is 4.39 Å². The summed E-state index contributed by atoms with van der Waals surface area (Å²) in [4.78, 5) is 2.26. The summed E-state index contributed by atoms with van der Waals surface area (Å²) in [6.45, 7) is 6.55. The van der Waals surface area contributed by atoms with E-state index >= 15 is 0 Å². The maximum absolute atomic E-state index is 13.6. The maximum atomic E-state index is 13.6. The first kappa shape index (κ1) is 12.7. The minimum absolute atomic E-state index is 0.192. The molecule has 0 spiro atoms. The van der Waals surface area contributed by atoms with Crippen LogP contribution >= 0.6 is 11.6 Å². The molecule has 1 heterocycles. The van der Waals surface area contributed by atoms with Gasteiger partial charge in [-0.3, -0.25) is 0 Å². The van der Waals surface area contributed by atoms with Gasteiger partial charge < -0.3 is 4.90 Å². The van der Waals surface area contributed by atoms with Gasteiger partial charge in [-0.2, -0.15) is 0 Å². The van der Waals surface area contributed by atoms with E-state index in [1.54, 1.807) is 6.07 Å². The minimum atomic E-state index is -0.192. The lowest BCUT2D eigenvalue weighted by atomic mass is 9.82. The molecule has 1 aromatic carbocycles. The van der Waals surface area contributed by atoms with Crippen molar-refractivity contribution in [3.63, 3.8) is 0 Å². The van der Waals surface area contributed by atoms with Crippen molar-refractivity contribution in [2.75, 3.05) is 18.0 Å². The molecule has 94 valence electrons. The Labute approximate surface area is 108 Å². The molecule has 1 fully saturated rings. The Morgan fingerprint density at radius 3 is 2.53 bits per heavy atom. The topological polar surface area (TPSA) is 3.24 Å². The molecule has 0 unspecified atom stereocenters. The molecule has 2 rings (SSSR count). The first-order valence-electron chi connectivity index (χ1n) is 6.12. The lowest BCUT2D eigenvalue weighted by Gasteiger charge is -2.39. The molecule has 1 aliphatic heterocycles. The predicted molar refractivity (Wildman–Crippen MR) is 71.2 cm³/mol. The molecule has 1 saturated heterocycles. The molecule has 0 aromatic heterocycles. The fourth-order valence-corrected chi connectivity index (χ4v) is 2.59. The molecule has 0 bridgehead atoms. The van der Waals surface area contributed by atoms with Crippen molar-refractivity contribution >= 4 is 17.3 Å². The summed E-state index contributed by atoms with van der Waals surface area (Å²) in [6, 6.07) is 5.22. The number of rotatable bonds is 2. The van der Waals surface area contributed by atoms with E-state index in [1.807, 2.05) is 6.07 Å². The van der Waals surface area contributed by atoms with Crippen LogP contribution in [0, 0.1) is 11.2 Å². The third-order valence-electron chi connectivity index (χ3n) is 3.69. The Morgan fingerprint density at radius 1 is 1.29 bits per heavy atom. The maximum Gasteiger partial charge on any atom is 0.129 e. The summed E-state index contributed by atoms with van der Waals surface area (Å²) < 4.78 is 13.6. The zero-order valence-corrected chi connectivity index (χ0v) is 11.2. The van der Waals surface area contributed by atoms with Gasteiger partial charge in [0.15, 0.2) is 0 Å². The Hall–Kier alpha value is -0.760. The van der Waals surface area contributed by atoms with Gasteiger partial charge in [-0.05, 0) is 30.4 Å². The van der Waals surface area contributed by atoms with Crippen LogP contribution in [0.25, 0.3) is 0 Å². The smallest absolute Gasteiger partial charge is 0.129 e. The molecule has 1 aromatic rings. The molecule has 0 aliphatic carbocycles. The molecule has 0 N–H and O–H groups in total. The standard InChI is InChI=1S/C14H19ClFN/c1-14(2)6-8-17(9-7-14)13-5-3-4-12(16)11(13)10-15/h3-5H,6-10H2,1-2H3. The van der Waals surface area contributed by atoms with Crippen molar-refractivity contribution in [3.05, 3.63) is 29.6 Å². The van der Waals surface area contributed by atoms with Crippen LogP contribution in [0.5, 0.6) is 0 Å². The highest BCUT2D eigenvalue weighted by atomic mass is 35.5. The number of benzene rings is 1. The fourth-order valence-electron chi connectivity index (χ4n) is 2.33. The van der Waals surface area contributed by atoms with Gasteiger partial charge in [0.2, 0.25) is 0 Å². The van der Waals surface area contributed by atoms with Gasteiger partial charge in [-0.15, -0.1) is 11.6 Å². The summed E-state index contributed by atoms with van der Waals surface area (Å²) in [5.74, 6) is 0.0457. The van der Waals surface area contributed by atoms with Crippen molar-refractivity contribution < 1.29 is 4.39 Å². The third kappa shape index (κ3) is 2.74. The van der Waals surface area contributed by atoms with Crippen LogP contribution in [0.2, 0.25) is 0 Å². The number of nitrogens with zero attached hydrogens (tertiary/aromatic N) is 1. The van der Waals surface area contributed by atoms with E-state index in [0.717, 1.165) is 31.6 Å². The van der Waals surface area contributed by atoms with Crippen LogP contribution in [0.1, 0.15) is 32.3 Å². The SMILES string of the molecule is CC1(C)CCN(c2cccc(F)c2CCl)CC1. The van der Waals surface area contributed by atoms with Crippen molar-refractivity contribution in [3.8, 4) is 0 Å². The minimum Gasteiger partial charge on any atom is -0.371 e. The summed E-state index contributed by atoms with van der Waals surface area (Å²) in [7, 11) is 0. The largest absolute Gasteiger partial charge is 0.371 e. The molecule has 0 atom stereocenters. The number of piperidine rings is 1. The molecule has 3 heteroatoms. The number of hydrogen-bond acceptors (Lipinski definition) is 1. The van der Waals surface area contributed by atoms with Crippen LogP contribution in [0.3, 0.4) is 0 Å². The zero-order chi connectivity index (χ0) is 12.5. The van der Waals surface area contributed by atoms with Gasteiger partial charge in [0, 0.05) is 24.3 Å². The van der Waals surface area contributed by atoms with E-state index in [0.29, 0.717) is 11.0 Å². The van der Waals surface area contributed by atoms with Gasteiger partial charge in [0.05, 0.1) is 5.88 Å². The summed E-state index contributed by atoms with van der Waals surface area (Å²) in [5, 5.41) is 0. The predicted octanol–water partition coefficient (Wildman–Crippen LogP) is 4.19. The molecular formula is C14H19ClFN. The van der Waals surface area contributed by atoms with Crippen molar-refractivity contribution in [2.45, 2.75) is 32.6 Å². The van der Waals surface area contributed by atoms with Crippen LogP contribution in [0.15, 0.2) is 18.2 Å². The highest BCUT2D eigenvalue weighted by molar-refractivity contribution is 6.17. The van der Waals surface area contributed by atoms with Crippen molar-refractivity contribution in [1.29, 1.82) is 0 Å². The Kier molecular flexibility index (Phi) is 3.62. The molecule has 0 amide bonds. The first-order chi connectivity index (χ1) is 8.03. The average molecular weight is 256 g/mol. The third-order valence-corrected chi connectivity index (χ3v) is 3.95. The number of alkyl halides is 1. The van der Waals surface area contributed by atoms with Crippen molar-refractivity contribution in [1.82, 2.24) is 0 Å². The van der Waals surface area contributed by atoms with E-state index < -0.39 is 0 Å². The summed E-state index contributed by atoms with van der Waals surface area (Å²) in [6.07, 6.45) is 2.29. The second kappa shape index (κ2) is 4.85. The molecule has 0 radical (unpaired) electrons. The van der Waals surface area contributed by atoms with Crippen LogP contribution < -0.4 is 4.90 Å². The zero-order valence-electron chi connectivity index (χ0n) is 10.5. The number of halogens is 2. The van der Waals surface area contributed by atoms with E-state index in [4.69, 9.17) is 11.6 Å². The molecule has 1 aliphatic rings. The van der Waals surface area contributed by atoms with Crippen LogP contribution in [-0.4, -0.2) is 13.1 Å². The molecule has 17 heavy (non-hydrogen) atoms. The molecule has 0 saturated carbocycles. The second-order valence-electron chi connectivity index (χ2n) is 5.52. The number of hydrogen-bond donors (Lipinski definition) is 0. The summed E-state index contributed by atoms with van der Waals surface area (Å²) in [5.41, 5.74) is 2.01. The monoisotopic (exact) mass is 255 g/mol. The molecule has 1 nitrogen and oxygen atoms in total. The molecular weight excluding hydrogens is 237 g/mol. The van der Waals surface area contributed by atoms with Crippen LogP contribution in [0.4, 0.5) is 10.1 Å². The fraction of sp³-hybridized carbons (Fsp3) is 0.571. The van der Waals surface area contributed by atoms with Gasteiger partial charge in [0.1, 0.15) is 5.82 Å². The van der Waals surface area contributed by atoms with Gasteiger partial charge in [-0.1, -0.05) is 19.9 Å². The highest BCUT2D eigenvalue weighted by Crippen LogP contribution is 2.34. The van der Waals surface area contributed by atoms with Crippen molar-refractivity contribution in [2.24, 2.45) is 5.41 Å². The highest BCUT2D eigenvalue weighted by Gasteiger charge is 2.26. The average Bonchev–Trinajstić information content (AvgIpc) is 2.29. The Bertz CT molecular complexity index is 393. The van der Waals surface area contributed by atoms with E-state index in [9.17, 15) is 4.39 Å². The number of anilines is 1. The normalized spacial score (nSPS) is 19.4. The Balaban J connectivity index is 2.21. The second-order valence-corrected chi connectivity index (χ2v) is 5.79. The van der Waals surface area contributed by atoms with Gasteiger partial charge in [0.25, 0.3) is 0 Å². The lowest BCUT2D eigenvalue weighted by molar-refractivity contribution is 0.279. The van der Waals surface area contributed by atoms with Crippen LogP contribution in [-0.2, 0) is 5.88 Å².